The minimum atomic E-state index is -0.461. The average Bonchev–Trinajstić information content (AvgIpc) is 3.05. The van der Waals surface area contributed by atoms with Crippen molar-refractivity contribution in [2.75, 3.05) is 25.4 Å². The summed E-state index contributed by atoms with van der Waals surface area (Å²) in [6.45, 7) is 7.65. The Kier molecular flexibility index (Phi) is 5.58. The van der Waals surface area contributed by atoms with Crippen molar-refractivity contribution in [1.29, 1.82) is 0 Å². The van der Waals surface area contributed by atoms with Gasteiger partial charge in [0, 0.05) is 23.4 Å². The Morgan fingerprint density at radius 2 is 1.74 bits per heavy atom. The van der Waals surface area contributed by atoms with Crippen molar-refractivity contribution in [2.24, 2.45) is 0 Å². The van der Waals surface area contributed by atoms with Crippen molar-refractivity contribution in [3.05, 3.63) is 71.4 Å². The minimum Gasteiger partial charge on any atom is -0.372 e. The van der Waals surface area contributed by atoms with Crippen molar-refractivity contribution in [1.82, 2.24) is 9.47 Å². The van der Waals surface area contributed by atoms with Gasteiger partial charge in [0.1, 0.15) is 6.23 Å². The molecule has 3 aromatic rings. The smallest absolute Gasteiger partial charge is 0.140 e. The Bertz CT molecular complexity index is 901. The molecule has 4 rings (SSSR count). The third kappa shape index (κ3) is 3.42. The number of hydrogen-bond donors (Lipinski definition) is 1. The number of fused-ring (bicyclic) bond motifs is 3. The quantitative estimate of drug-likeness (QED) is 0.662. The first-order valence-electron chi connectivity index (χ1n) is 9.93. The van der Waals surface area contributed by atoms with Crippen molar-refractivity contribution >= 4 is 22.7 Å². The fourth-order valence-electron chi connectivity index (χ4n) is 4.25. The Hall–Kier alpha value is -1.75. The van der Waals surface area contributed by atoms with Crippen molar-refractivity contribution < 1.29 is 5.11 Å². The Balaban J connectivity index is 1.86. The van der Waals surface area contributed by atoms with Crippen LogP contribution in [0.4, 0.5) is 0 Å². The Morgan fingerprint density at radius 3 is 2.48 bits per heavy atom. The van der Waals surface area contributed by atoms with Gasteiger partial charge in [-0.2, -0.15) is 0 Å². The van der Waals surface area contributed by atoms with Gasteiger partial charge >= 0.3 is 0 Å². The fourth-order valence-corrected chi connectivity index (χ4v) is 5.52. The van der Waals surface area contributed by atoms with Crippen LogP contribution < -0.4 is 0 Å². The molecule has 142 valence electrons. The molecule has 2 unspecified atom stereocenters. The van der Waals surface area contributed by atoms with Crippen molar-refractivity contribution in [3.8, 4) is 0 Å². The molecule has 2 atom stereocenters. The van der Waals surface area contributed by atoms with Crippen LogP contribution in [0.2, 0.25) is 0 Å². The van der Waals surface area contributed by atoms with E-state index in [0.29, 0.717) is 0 Å². The highest BCUT2D eigenvalue weighted by molar-refractivity contribution is 7.99. The maximum absolute atomic E-state index is 10.8. The topological polar surface area (TPSA) is 28.4 Å². The second-order valence-corrected chi connectivity index (χ2v) is 8.27. The molecule has 27 heavy (non-hydrogen) atoms. The predicted molar refractivity (Wildman–Crippen MR) is 115 cm³/mol. The molecule has 1 aromatic heterocycles. The summed E-state index contributed by atoms with van der Waals surface area (Å²) in [5.41, 5.74) is 5.18. The third-order valence-corrected chi connectivity index (χ3v) is 7.01. The van der Waals surface area contributed by atoms with Gasteiger partial charge in [0.2, 0.25) is 0 Å². The summed E-state index contributed by atoms with van der Waals surface area (Å²) in [5, 5.41) is 12.4. The highest BCUT2D eigenvalue weighted by Gasteiger charge is 2.32. The van der Waals surface area contributed by atoms with Gasteiger partial charge in [0.05, 0.1) is 10.8 Å². The van der Waals surface area contributed by atoms with E-state index in [0.717, 1.165) is 37.3 Å². The van der Waals surface area contributed by atoms with E-state index in [-0.39, 0.29) is 5.25 Å². The lowest BCUT2D eigenvalue weighted by atomic mass is 10.0. The maximum atomic E-state index is 10.8. The Morgan fingerprint density at radius 1 is 1.04 bits per heavy atom. The largest absolute Gasteiger partial charge is 0.372 e. The number of hydrogen-bond acceptors (Lipinski definition) is 3. The van der Waals surface area contributed by atoms with Crippen LogP contribution in [0, 0.1) is 0 Å². The van der Waals surface area contributed by atoms with Crippen LogP contribution in [0.25, 0.3) is 10.9 Å². The molecular formula is C23H28N2OS. The van der Waals surface area contributed by atoms with E-state index >= 15 is 0 Å². The average molecular weight is 381 g/mol. The molecule has 0 bridgehead atoms. The molecule has 4 heteroatoms. The van der Waals surface area contributed by atoms with Gasteiger partial charge in [-0.05, 0) is 36.7 Å². The summed E-state index contributed by atoms with van der Waals surface area (Å²) in [6, 6.07) is 19.3. The zero-order chi connectivity index (χ0) is 18.8. The van der Waals surface area contributed by atoms with Crippen molar-refractivity contribution in [3.63, 3.8) is 0 Å². The van der Waals surface area contributed by atoms with Gasteiger partial charge in [-0.3, -0.25) is 0 Å². The molecule has 0 spiro atoms. The maximum Gasteiger partial charge on any atom is 0.140 e. The van der Waals surface area contributed by atoms with E-state index in [1.54, 1.807) is 0 Å². The van der Waals surface area contributed by atoms with Gasteiger partial charge in [0.25, 0.3) is 0 Å². The number of aliphatic hydroxyl groups is 1. The number of para-hydroxylation sites is 1. The molecule has 2 aromatic carbocycles. The van der Waals surface area contributed by atoms with E-state index in [1.807, 2.05) is 11.8 Å². The lowest BCUT2D eigenvalue weighted by Gasteiger charge is -2.30. The molecule has 1 aliphatic heterocycles. The zero-order valence-electron chi connectivity index (χ0n) is 16.1. The van der Waals surface area contributed by atoms with Gasteiger partial charge in [-0.25, -0.2) is 0 Å². The third-order valence-electron chi connectivity index (χ3n) is 5.69. The van der Waals surface area contributed by atoms with Crippen LogP contribution in [-0.2, 0) is 6.42 Å². The molecular weight excluding hydrogens is 352 g/mol. The first kappa shape index (κ1) is 18.6. The lowest BCUT2D eigenvalue weighted by Crippen LogP contribution is -2.26. The molecule has 1 aliphatic rings. The summed E-state index contributed by atoms with van der Waals surface area (Å²) < 4.78 is 2.20. The van der Waals surface area contributed by atoms with Gasteiger partial charge < -0.3 is 14.6 Å². The number of aliphatic hydroxyl groups excluding tert-OH is 1. The number of rotatable bonds is 6. The number of aromatic nitrogens is 1. The summed E-state index contributed by atoms with van der Waals surface area (Å²) >= 11 is 1.86. The van der Waals surface area contributed by atoms with Crippen molar-refractivity contribution in [2.45, 2.75) is 31.7 Å². The second kappa shape index (κ2) is 8.09. The van der Waals surface area contributed by atoms with E-state index in [2.05, 4.69) is 77.9 Å². The second-order valence-electron chi connectivity index (χ2n) is 7.13. The van der Waals surface area contributed by atoms with Gasteiger partial charge in [0.15, 0.2) is 0 Å². The molecule has 0 saturated carbocycles. The molecule has 1 N–H and O–H groups in total. The summed E-state index contributed by atoms with van der Waals surface area (Å²) in [5.74, 6) is 0.723. The molecule has 3 nitrogen and oxygen atoms in total. The first-order valence-corrected chi connectivity index (χ1v) is 11.0. The van der Waals surface area contributed by atoms with Crippen LogP contribution in [0.5, 0.6) is 0 Å². The standard InChI is InChI=1S/C23H28N2OS/c1-3-24(4-2)15-14-19-18-12-8-9-13-20(18)25-21(26)16-27-23(22(19)25)17-10-6-5-7-11-17/h5-13,21,23,26H,3-4,14-16H2,1-2H3. The molecule has 2 heterocycles. The van der Waals surface area contributed by atoms with Crippen LogP contribution in [0.3, 0.4) is 0 Å². The SMILES string of the molecule is CCN(CC)CCc1c2n(c3ccccc13)C(O)CSC2c1ccccc1. The lowest BCUT2D eigenvalue weighted by molar-refractivity contribution is 0.128. The van der Waals surface area contributed by atoms with E-state index in [4.69, 9.17) is 0 Å². The number of likely N-dealkylation sites (N-methyl/N-ethyl adjacent to an activating group) is 1. The summed E-state index contributed by atoms with van der Waals surface area (Å²) in [7, 11) is 0. The molecule has 0 saturated heterocycles. The normalized spacial score (nSPS) is 19.6. The van der Waals surface area contributed by atoms with Crippen LogP contribution in [0.1, 0.15) is 42.1 Å². The molecule has 0 fully saturated rings. The van der Waals surface area contributed by atoms with Crippen LogP contribution >= 0.6 is 11.8 Å². The van der Waals surface area contributed by atoms with Crippen LogP contribution in [-0.4, -0.2) is 40.0 Å². The fraction of sp³-hybridized carbons (Fsp3) is 0.391. The summed E-state index contributed by atoms with van der Waals surface area (Å²) in [6.07, 6.45) is 0.554. The molecule has 0 amide bonds. The molecule has 0 radical (unpaired) electrons. The highest BCUT2D eigenvalue weighted by atomic mass is 32.2. The van der Waals surface area contributed by atoms with E-state index in [9.17, 15) is 5.11 Å². The number of benzene rings is 2. The van der Waals surface area contributed by atoms with Gasteiger partial charge in [-0.15, -0.1) is 11.8 Å². The molecule has 0 aliphatic carbocycles. The zero-order valence-corrected chi connectivity index (χ0v) is 17.0. The van der Waals surface area contributed by atoms with E-state index < -0.39 is 6.23 Å². The highest BCUT2D eigenvalue weighted by Crippen LogP contribution is 2.47. The van der Waals surface area contributed by atoms with E-state index in [1.165, 1.54) is 22.2 Å². The summed E-state index contributed by atoms with van der Waals surface area (Å²) in [4.78, 5) is 2.47. The monoisotopic (exact) mass is 380 g/mol. The Labute approximate surface area is 166 Å². The number of nitrogens with zero attached hydrogens (tertiary/aromatic N) is 2. The minimum absolute atomic E-state index is 0.272. The van der Waals surface area contributed by atoms with Crippen LogP contribution in [0.15, 0.2) is 54.6 Å². The predicted octanol–water partition coefficient (Wildman–Crippen LogP) is 4.85. The van der Waals surface area contributed by atoms with Gasteiger partial charge in [-0.1, -0.05) is 62.4 Å². The number of thioether (sulfide) groups is 1. The first-order chi connectivity index (χ1) is 13.2.